The molecule has 0 aromatic carbocycles. The molecule has 12 aliphatic heterocycles. The fraction of sp³-hybridized carbons (Fsp3) is 0.846. The first-order valence-corrected chi connectivity index (χ1v) is 43.0. The Kier molecular flexibility index (Phi) is 33.6. The number of nitrogens with zero attached hydrogens (tertiary/aromatic N) is 12. The highest BCUT2D eigenvalue weighted by Crippen LogP contribution is 2.22. The van der Waals surface area contributed by atoms with Gasteiger partial charge in [-0.1, -0.05) is 0 Å². The third kappa shape index (κ3) is 29.8. The van der Waals surface area contributed by atoms with E-state index in [1.807, 2.05) is 0 Å². The highest BCUT2D eigenvalue weighted by molar-refractivity contribution is 4.88. The van der Waals surface area contributed by atoms with Gasteiger partial charge in [0, 0.05) is 39.3 Å². The number of ether oxygens (including phenoxy) is 18. The highest BCUT2D eigenvalue weighted by Gasteiger charge is 2.33. The third-order valence-corrected chi connectivity index (χ3v) is 21.9. The van der Waals surface area contributed by atoms with E-state index in [1.165, 1.54) is 27.4 Å². The summed E-state index contributed by atoms with van der Waals surface area (Å²) in [6.07, 6.45) is 13.3. The Morgan fingerprint density at radius 3 is 0.567 bits per heavy atom. The molecule has 0 spiro atoms. The summed E-state index contributed by atoms with van der Waals surface area (Å²) in [7, 11) is 0. The predicted molar refractivity (Wildman–Crippen MR) is 422 cm³/mol. The molecule has 16 rings (SSSR count). The van der Waals surface area contributed by atoms with Crippen LogP contribution >= 0.6 is 0 Å². The maximum Gasteiger partial charge on any atom is 0.336 e. The Morgan fingerprint density at radius 1 is 0.217 bits per heavy atom. The minimum absolute atomic E-state index is 0.0149. The topological polar surface area (TPSA) is 470 Å². The van der Waals surface area contributed by atoms with Gasteiger partial charge in [0.1, 0.15) is 36.6 Å². The number of epoxide rings is 12. The van der Waals surface area contributed by atoms with Crippen molar-refractivity contribution in [3.8, 4) is 0 Å². The molecule has 4 aromatic rings. The van der Waals surface area contributed by atoms with Crippen molar-refractivity contribution in [3.05, 3.63) is 126 Å². The monoisotopic (exact) mass is 1700 g/mol. The van der Waals surface area contributed by atoms with Crippen molar-refractivity contribution >= 4 is 0 Å². The van der Waals surface area contributed by atoms with Gasteiger partial charge in [-0.05, 0) is 117 Å². The zero-order chi connectivity index (χ0) is 84.2. The molecule has 16 heterocycles. The first-order valence-electron chi connectivity index (χ1n) is 43.0. The van der Waals surface area contributed by atoms with Crippen LogP contribution in [0.4, 0.5) is 0 Å². The number of aromatic nitrogens is 12. The average Bonchev–Trinajstić information content (AvgIpc) is 1.74. The van der Waals surface area contributed by atoms with E-state index in [0.717, 1.165) is 144 Å². The molecule has 12 saturated heterocycles. The molecule has 12 aliphatic rings. The summed E-state index contributed by atoms with van der Waals surface area (Å²) < 4.78 is 109. The summed E-state index contributed by atoms with van der Waals surface area (Å²) in [5.41, 5.74) is -7.00. The Labute approximate surface area is 689 Å². The summed E-state index contributed by atoms with van der Waals surface area (Å²) in [6.45, 7) is 19.0. The number of unbranched alkanes of at least 4 members (excludes halogenated alkanes) is 3. The third-order valence-electron chi connectivity index (χ3n) is 21.9. The van der Waals surface area contributed by atoms with Crippen LogP contribution in [-0.4, -0.2) is 285 Å². The van der Waals surface area contributed by atoms with Crippen LogP contribution in [0.1, 0.15) is 117 Å². The molecule has 12 fully saturated rings. The zero-order valence-corrected chi connectivity index (χ0v) is 69.2. The van der Waals surface area contributed by atoms with Crippen molar-refractivity contribution in [2.24, 2.45) is 0 Å². The fourth-order valence-corrected chi connectivity index (χ4v) is 13.5. The summed E-state index contributed by atoms with van der Waals surface area (Å²) >= 11 is 0. The van der Waals surface area contributed by atoms with Crippen molar-refractivity contribution in [1.29, 1.82) is 0 Å². The Morgan fingerprint density at radius 2 is 0.375 bits per heavy atom. The zero-order valence-electron chi connectivity index (χ0n) is 69.2. The molecule has 15 atom stereocenters. The number of hydrogen-bond donors (Lipinski definition) is 0. The van der Waals surface area contributed by atoms with Gasteiger partial charge in [0.25, 0.3) is 0 Å². The van der Waals surface area contributed by atoms with E-state index in [4.69, 9.17) is 85.3 Å². The minimum Gasteiger partial charge on any atom is -0.377 e. The second kappa shape index (κ2) is 44.5. The van der Waals surface area contributed by atoms with E-state index < -0.39 is 86.6 Å². The SMILES string of the molecule is CC(Cn1c(=O)n(CC(C)OCC2CO2)c(=O)n(CC(C)OCC2CO2)c1=O)OCC1CO1.O=c1n(CCCC2CO2)c(=O)n(CCCC2CO2)c(=O)n1CCCC1CO1.O=c1n(CCCCC2CO2)c(=O)n(CCCCC2CO2)c(=O)n1CCCCC1CO1.O=c1n(CCOCC2CO2)c(=O)n(CCOCC2CO2)c(=O)n1CCOCC1CO1. The van der Waals surface area contributed by atoms with E-state index in [1.54, 1.807) is 20.8 Å². The lowest BCUT2D eigenvalue weighted by Crippen LogP contribution is -2.57. The van der Waals surface area contributed by atoms with Gasteiger partial charge in [-0.2, -0.15) is 0 Å². The smallest absolute Gasteiger partial charge is 0.336 e. The molecule has 42 nitrogen and oxygen atoms in total. The van der Waals surface area contributed by atoms with E-state index in [9.17, 15) is 57.5 Å². The predicted octanol–water partition coefficient (Wildman–Crippen LogP) is -3.41. The lowest BCUT2D eigenvalue weighted by Gasteiger charge is -2.20. The van der Waals surface area contributed by atoms with Crippen LogP contribution in [0.15, 0.2) is 57.5 Å². The molecule has 120 heavy (non-hydrogen) atoms. The quantitative estimate of drug-likeness (QED) is 0.0307. The maximum atomic E-state index is 13.1. The van der Waals surface area contributed by atoms with Crippen LogP contribution in [0.25, 0.3) is 0 Å². The van der Waals surface area contributed by atoms with Gasteiger partial charge in [0.2, 0.25) is 0 Å². The average molecular weight is 1710 g/mol. The lowest BCUT2D eigenvalue weighted by atomic mass is 10.2. The molecule has 0 amide bonds. The molecule has 0 saturated carbocycles. The molecule has 0 radical (unpaired) electrons. The Hall–Kier alpha value is -7.08. The number of hydrogen-bond acceptors (Lipinski definition) is 30. The van der Waals surface area contributed by atoms with Crippen LogP contribution in [0.5, 0.6) is 0 Å². The normalized spacial score (nSPS) is 25.0. The van der Waals surface area contributed by atoms with Gasteiger partial charge in [-0.3, -0.25) is 0 Å². The van der Waals surface area contributed by atoms with Crippen molar-refractivity contribution < 1.29 is 85.3 Å². The summed E-state index contributed by atoms with van der Waals surface area (Å²) in [5.74, 6) is 0. The molecule has 42 heteroatoms. The van der Waals surface area contributed by atoms with Crippen molar-refractivity contribution in [3.63, 3.8) is 0 Å². The lowest BCUT2D eigenvalue weighted by molar-refractivity contribution is 0.0316. The van der Waals surface area contributed by atoms with Gasteiger partial charge in [0.05, 0.1) is 233 Å². The highest BCUT2D eigenvalue weighted by atomic mass is 16.6. The largest absolute Gasteiger partial charge is 0.377 e. The molecule has 0 aliphatic carbocycles. The first-order chi connectivity index (χ1) is 58.2. The molecule has 0 N–H and O–H groups in total. The standard InChI is InChI=1S/C21H33N3O9.C21H33N3O6.C18H27N3O9.C18H27N3O6/c1-13(28-7-16-10-31-16)4-22-19(25)23(5-14(2)29-8-17-11-32-17)21(27)24(20(22)26)6-15(3)30-9-18-12-33-18;25-19-22(10-4-1-7-16-13-28-16)20(26)24(12-6-3-9-18-15-30-18)21(27)23(19)11-5-2-8-17-14-29-17;22-16-19(1-4-25-7-13-10-28-13)17(23)21(3-6-27-9-15-12-30-15)18(24)20(16)2-5-26-8-14-11-29-14;22-16-19(7-1-4-13-10-25-13)17(23)21(9-3-6-15-12-27-15)18(24)20(16)8-2-5-14-11-26-14/h13-18H,4-12H2,1-3H3;16-18H,1-15H2;13-15H,1-12H2;13-15H,1-12H2. The van der Waals surface area contributed by atoms with E-state index in [0.29, 0.717) is 156 Å². The van der Waals surface area contributed by atoms with Gasteiger partial charge in [-0.25, -0.2) is 112 Å². The second-order valence-electron chi connectivity index (χ2n) is 32.6. The number of rotatable bonds is 57. The molecule has 0 bridgehead atoms. The van der Waals surface area contributed by atoms with Gasteiger partial charge in [0.15, 0.2) is 0 Å². The van der Waals surface area contributed by atoms with Crippen LogP contribution in [-0.2, 0) is 164 Å². The molecular formula is C78H120N12O30. The summed E-state index contributed by atoms with van der Waals surface area (Å²) in [5, 5.41) is 0. The van der Waals surface area contributed by atoms with Gasteiger partial charge < -0.3 is 85.3 Å². The van der Waals surface area contributed by atoms with Crippen LogP contribution in [0.2, 0.25) is 0 Å². The maximum absolute atomic E-state index is 13.1. The van der Waals surface area contributed by atoms with Crippen LogP contribution in [0.3, 0.4) is 0 Å². The molecule has 4 aromatic heterocycles. The second-order valence-corrected chi connectivity index (χ2v) is 32.6. The van der Waals surface area contributed by atoms with Crippen LogP contribution < -0.4 is 68.3 Å². The van der Waals surface area contributed by atoms with E-state index >= 15 is 0 Å². The van der Waals surface area contributed by atoms with Gasteiger partial charge >= 0.3 is 68.3 Å². The van der Waals surface area contributed by atoms with E-state index in [-0.39, 0.29) is 114 Å². The first kappa shape index (κ1) is 90.6. The molecular weight excluding hydrogens is 1580 g/mol. The molecule has 15 unspecified atom stereocenters. The Bertz CT molecular complexity index is 4010. The fourth-order valence-electron chi connectivity index (χ4n) is 13.5. The minimum atomic E-state index is -0.683. The molecule has 672 valence electrons. The summed E-state index contributed by atoms with van der Waals surface area (Å²) in [4.78, 5) is 155. The summed E-state index contributed by atoms with van der Waals surface area (Å²) in [6, 6.07) is 0. The Balaban J connectivity index is 0.000000139. The van der Waals surface area contributed by atoms with Crippen molar-refractivity contribution in [2.75, 3.05) is 139 Å². The van der Waals surface area contributed by atoms with Gasteiger partial charge in [-0.15, -0.1) is 0 Å². The van der Waals surface area contributed by atoms with E-state index in [2.05, 4.69) is 0 Å². The van der Waals surface area contributed by atoms with Crippen LogP contribution in [0, 0.1) is 0 Å². The van der Waals surface area contributed by atoms with Crippen molar-refractivity contribution in [2.45, 2.75) is 287 Å². The van der Waals surface area contributed by atoms with Crippen molar-refractivity contribution in [1.82, 2.24) is 54.8 Å².